The number of aromatic nitrogens is 5. The van der Waals surface area contributed by atoms with E-state index < -0.39 is 0 Å². The number of halogens is 1. The first kappa shape index (κ1) is 21.6. The highest BCUT2D eigenvalue weighted by Crippen LogP contribution is 2.28. The first-order chi connectivity index (χ1) is 15.5. The molecule has 2 aromatic heterocycles. The summed E-state index contributed by atoms with van der Waals surface area (Å²) in [6, 6.07) is 17.0. The van der Waals surface area contributed by atoms with Gasteiger partial charge in [-0.1, -0.05) is 47.6 Å². The molecule has 0 aliphatic carbocycles. The first-order valence-corrected chi connectivity index (χ1v) is 11.0. The second-order valence-corrected chi connectivity index (χ2v) is 8.28. The van der Waals surface area contributed by atoms with E-state index in [9.17, 15) is 10.1 Å². The number of fused-ring (bicyclic) bond motifs is 1. The van der Waals surface area contributed by atoms with Crippen LogP contribution in [0.15, 0.2) is 71.3 Å². The fraction of sp³-hybridized carbons (Fsp3) is 0.136. The molecule has 2 aromatic carbocycles. The number of nitriles is 1. The molecule has 2 heterocycles. The van der Waals surface area contributed by atoms with Crippen LogP contribution in [-0.2, 0) is 11.3 Å². The fourth-order valence-electron chi connectivity index (χ4n) is 3.23. The van der Waals surface area contributed by atoms with Crippen LogP contribution in [-0.4, -0.2) is 35.9 Å². The van der Waals surface area contributed by atoms with Crippen molar-refractivity contribution in [2.75, 3.05) is 5.75 Å². The Morgan fingerprint density at radius 2 is 1.94 bits per heavy atom. The van der Waals surface area contributed by atoms with Crippen molar-refractivity contribution >= 4 is 40.2 Å². The highest BCUT2D eigenvalue weighted by molar-refractivity contribution is 7.99. The molecule has 0 fully saturated rings. The monoisotopic (exact) mass is 463 g/mol. The molecule has 0 saturated heterocycles. The number of ketones is 1. The molecular formula is C22H18ClN7OS. The highest BCUT2D eigenvalue weighted by Gasteiger charge is 2.20. The van der Waals surface area contributed by atoms with Crippen LogP contribution in [0, 0.1) is 11.3 Å². The Bertz CT molecular complexity index is 1380. The summed E-state index contributed by atoms with van der Waals surface area (Å²) in [7, 11) is 0. The van der Waals surface area contributed by atoms with E-state index in [-0.39, 0.29) is 22.8 Å². The summed E-state index contributed by atoms with van der Waals surface area (Å²) in [4.78, 5) is 16.9. The average molecular weight is 464 g/mol. The number of imidazole rings is 1. The Morgan fingerprint density at radius 3 is 2.69 bits per heavy atom. The van der Waals surface area contributed by atoms with Crippen LogP contribution in [0.5, 0.6) is 0 Å². The van der Waals surface area contributed by atoms with Crippen molar-refractivity contribution in [3.05, 3.63) is 77.0 Å². The highest BCUT2D eigenvalue weighted by atomic mass is 35.5. The van der Waals surface area contributed by atoms with Gasteiger partial charge in [0.1, 0.15) is 11.6 Å². The smallest absolute Gasteiger partial charge is 0.196 e. The van der Waals surface area contributed by atoms with Crippen molar-refractivity contribution in [3.63, 3.8) is 0 Å². The van der Waals surface area contributed by atoms with E-state index in [4.69, 9.17) is 17.3 Å². The van der Waals surface area contributed by atoms with Crippen molar-refractivity contribution in [3.8, 4) is 11.8 Å². The van der Waals surface area contributed by atoms with E-state index in [1.165, 1.54) is 18.7 Å². The Kier molecular flexibility index (Phi) is 6.25. The van der Waals surface area contributed by atoms with Gasteiger partial charge in [0.05, 0.1) is 40.4 Å². The summed E-state index contributed by atoms with van der Waals surface area (Å²) in [5.41, 5.74) is 8.33. The third kappa shape index (κ3) is 4.23. The minimum atomic E-state index is -0.367. The number of nitrogens with zero attached hydrogens (tertiary/aromatic N) is 6. The molecule has 0 amide bonds. The lowest BCUT2D eigenvalue weighted by Crippen LogP contribution is -2.12. The lowest BCUT2D eigenvalue weighted by atomic mass is 10.2. The third-order valence-electron chi connectivity index (χ3n) is 4.75. The zero-order valence-electron chi connectivity index (χ0n) is 17.1. The number of hydrogen-bond donors (Lipinski definition) is 1. The Balaban J connectivity index is 1.71. The molecule has 10 heteroatoms. The molecule has 0 saturated carbocycles. The molecule has 0 atom stereocenters. The van der Waals surface area contributed by atoms with Gasteiger partial charge in [-0.3, -0.25) is 9.36 Å². The van der Waals surface area contributed by atoms with Crippen LogP contribution in [0.3, 0.4) is 0 Å². The van der Waals surface area contributed by atoms with Gasteiger partial charge in [0.2, 0.25) is 0 Å². The molecule has 0 spiro atoms. The maximum atomic E-state index is 12.4. The number of benzene rings is 2. The topological polar surface area (TPSA) is 115 Å². The van der Waals surface area contributed by atoms with Gasteiger partial charge in [-0.15, -0.1) is 10.2 Å². The number of allylic oxidation sites excluding steroid dienone is 2. The van der Waals surface area contributed by atoms with Crippen molar-refractivity contribution < 1.29 is 4.79 Å². The lowest BCUT2D eigenvalue weighted by Gasteiger charge is -2.12. The van der Waals surface area contributed by atoms with Gasteiger partial charge in [0, 0.05) is 5.70 Å². The molecule has 0 aliphatic rings. The van der Waals surface area contributed by atoms with Crippen LogP contribution in [0.1, 0.15) is 12.7 Å². The maximum absolute atomic E-state index is 12.4. The molecule has 32 heavy (non-hydrogen) atoms. The molecule has 160 valence electrons. The number of rotatable bonds is 7. The van der Waals surface area contributed by atoms with Crippen LogP contribution < -0.4 is 5.73 Å². The standard InChI is InChI=1S/C22H18ClN7OS/c1-14(25)15(10-24)20(31)12-32-22-28-27-21(30(22)18-8-4-2-6-16(18)23)11-29-13-26-17-7-3-5-9-19(17)29/h2-9,13H,11-12,25H2,1H3. The number of thioether (sulfide) groups is 1. The zero-order chi connectivity index (χ0) is 22.7. The summed E-state index contributed by atoms with van der Waals surface area (Å²) in [5, 5.41) is 18.9. The Labute approximate surface area is 193 Å². The average Bonchev–Trinajstić information content (AvgIpc) is 3.37. The number of Topliss-reactive ketones (excluding diaryl/α,β-unsaturated/α-hetero) is 1. The maximum Gasteiger partial charge on any atom is 0.196 e. The number of carbonyl (C=O) groups is 1. The van der Waals surface area contributed by atoms with Crippen molar-refractivity contribution in [2.24, 2.45) is 5.73 Å². The van der Waals surface area contributed by atoms with Crippen LogP contribution in [0.25, 0.3) is 16.7 Å². The van der Waals surface area contributed by atoms with Crippen molar-refractivity contribution in [2.45, 2.75) is 18.6 Å². The van der Waals surface area contributed by atoms with E-state index >= 15 is 0 Å². The molecular weight excluding hydrogens is 446 g/mol. The third-order valence-corrected chi connectivity index (χ3v) is 6.00. The predicted octanol–water partition coefficient (Wildman–Crippen LogP) is 3.74. The summed E-state index contributed by atoms with van der Waals surface area (Å²) in [6.07, 6.45) is 1.75. The molecule has 0 unspecified atom stereocenters. The quantitative estimate of drug-likeness (QED) is 0.252. The number of nitrogens with two attached hydrogens (primary N) is 1. The Hall–Kier alpha value is -3.61. The summed E-state index contributed by atoms with van der Waals surface area (Å²) in [5.74, 6) is 0.254. The van der Waals surface area contributed by atoms with E-state index in [1.807, 2.05) is 57.7 Å². The minimum Gasteiger partial charge on any atom is -0.401 e. The van der Waals surface area contributed by atoms with Crippen molar-refractivity contribution in [1.82, 2.24) is 24.3 Å². The van der Waals surface area contributed by atoms with Gasteiger partial charge in [0.15, 0.2) is 16.8 Å². The summed E-state index contributed by atoms with van der Waals surface area (Å²) in [6.45, 7) is 1.93. The van der Waals surface area contributed by atoms with Crippen LogP contribution >= 0.6 is 23.4 Å². The van der Waals surface area contributed by atoms with Gasteiger partial charge in [-0.25, -0.2) is 4.98 Å². The molecule has 0 radical (unpaired) electrons. The van der Waals surface area contributed by atoms with E-state index in [1.54, 1.807) is 12.4 Å². The summed E-state index contributed by atoms with van der Waals surface area (Å²) >= 11 is 7.65. The molecule has 4 rings (SSSR count). The molecule has 8 nitrogen and oxygen atoms in total. The molecule has 2 N–H and O–H groups in total. The number of carbonyl (C=O) groups excluding carboxylic acids is 1. The van der Waals surface area contributed by atoms with Gasteiger partial charge in [-0.05, 0) is 31.2 Å². The number of para-hydroxylation sites is 3. The Morgan fingerprint density at radius 1 is 1.19 bits per heavy atom. The van der Waals surface area contributed by atoms with Gasteiger partial charge >= 0.3 is 0 Å². The largest absolute Gasteiger partial charge is 0.401 e. The first-order valence-electron chi connectivity index (χ1n) is 9.61. The zero-order valence-corrected chi connectivity index (χ0v) is 18.6. The second-order valence-electron chi connectivity index (χ2n) is 6.93. The minimum absolute atomic E-state index is 0.00593. The van der Waals surface area contributed by atoms with Gasteiger partial charge in [0.25, 0.3) is 0 Å². The fourth-order valence-corrected chi connectivity index (χ4v) is 4.29. The van der Waals surface area contributed by atoms with E-state index in [2.05, 4.69) is 15.2 Å². The van der Waals surface area contributed by atoms with Crippen LogP contribution in [0.4, 0.5) is 0 Å². The molecule has 0 bridgehead atoms. The van der Waals surface area contributed by atoms with Gasteiger partial charge in [-0.2, -0.15) is 5.26 Å². The van der Waals surface area contributed by atoms with E-state index in [0.29, 0.717) is 28.2 Å². The van der Waals surface area contributed by atoms with Crippen molar-refractivity contribution in [1.29, 1.82) is 5.26 Å². The van der Waals surface area contributed by atoms with Gasteiger partial charge < -0.3 is 10.3 Å². The summed E-state index contributed by atoms with van der Waals surface area (Å²) < 4.78 is 3.79. The second kappa shape index (κ2) is 9.26. The normalized spacial score (nSPS) is 11.9. The van der Waals surface area contributed by atoms with Crippen LogP contribution in [0.2, 0.25) is 5.02 Å². The SMILES string of the molecule is CC(N)=C(C#N)C(=O)CSc1nnc(Cn2cnc3ccccc32)n1-c1ccccc1Cl. The number of hydrogen-bond acceptors (Lipinski definition) is 7. The van der Waals surface area contributed by atoms with E-state index in [0.717, 1.165) is 11.0 Å². The molecule has 0 aliphatic heterocycles. The predicted molar refractivity (Wildman–Crippen MR) is 123 cm³/mol. The lowest BCUT2D eigenvalue weighted by molar-refractivity contribution is -0.112. The molecule has 4 aromatic rings.